The largest absolute Gasteiger partial charge is 0.432 e. The molecule has 0 unspecified atom stereocenters. The Hall–Kier alpha value is -3.50. The molecule has 0 saturated heterocycles. The average Bonchev–Trinajstić information content (AvgIpc) is 2.99. The maximum absolute atomic E-state index is 14.9. The second kappa shape index (κ2) is 12.9. The Morgan fingerprint density at radius 2 is 1.05 bits per heavy atom. The van der Waals surface area contributed by atoms with Gasteiger partial charge in [0.05, 0.1) is 0 Å². The lowest BCUT2D eigenvalue weighted by molar-refractivity contribution is -0.189. The zero-order valence-electron chi connectivity index (χ0n) is 23.3. The highest BCUT2D eigenvalue weighted by molar-refractivity contribution is 5.59. The smallest absolute Gasteiger partial charge is 0.429 e. The summed E-state index contributed by atoms with van der Waals surface area (Å²) < 4.78 is 142. The summed E-state index contributed by atoms with van der Waals surface area (Å²) in [4.78, 5) is 0. The van der Waals surface area contributed by atoms with E-state index >= 15 is 0 Å². The molecule has 0 bridgehead atoms. The van der Waals surface area contributed by atoms with Crippen LogP contribution in [0.3, 0.4) is 0 Å². The van der Waals surface area contributed by atoms with E-state index in [0.717, 1.165) is 56.2 Å². The highest BCUT2D eigenvalue weighted by Gasteiger charge is 2.42. The summed E-state index contributed by atoms with van der Waals surface area (Å²) in [6, 6.07) is 8.04. The molecule has 0 amide bonds. The molecule has 5 rings (SSSR count). The van der Waals surface area contributed by atoms with Crippen LogP contribution in [0.4, 0.5) is 43.9 Å². The van der Waals surface area contributed by atoms with Gasteiger partial charge in [-0.3, -0.25) is 0 Å². The third kappa shape index (κ3) is 6.76. The first-order chi connectivity index (χ1) is 20.8. The fraction of sp³-hybridized carbons (Fsp3) is 0.394. The molecule has 44 heavy (non-hydrogen) atoms. The summed E-state index contributed by atoms with van der Waals surface area (Å²) in [5, 5.41) is 0. The molecule has 2 fully saturated rings. The van der Waals surface area contributed by atoms with Crippen LogP contribution in [0.25, 0.3) is 5.83 Å². The third-order valence-electron chi connectivity index (χ3n) is 9.04. The van der Waals surface area contributed by atoms with Crippen molar-refractivity contribution in [2.75, 3.05) is 0 Å². The van der Waals surface area contributed by atoms with E-state index in [1.807, 2.05) is 0 Å². The SMILES string of the molecule is FC(F)=C(F)c1ccc(C2CCC(C3CCC(c4cc(F)c(C(F)(F)Oc5cc(F)c(F)c(F)c5)c(F)c4)CC3)CC2)cc1. The van der Waals surface area contributed by atoms with E-state index in [2.05, 4.69) is 4.74 Å². The van der Waals surface area contributed by atoms with E-state index in [-0.39, 0.29) is 35.1 Å². The fourth-order valence-corrected chi connectivity index (χ4v) is 6.76. The van der Waals surface area contributed by atoms with E-state index < -0.39 is 58.4 Å². The van der Waals surface area contributed by atoms with Crippen LogP contribution in [0.5, 0.6) is 5.75 Å². The summed E-state index contributed by atoms with van der Waals surface area (Å²) in [6.45, 7) is 0. The van der Waals surface area contributed by atoms with Gasteiger partial charge in [0.2, 0.25) is 0 Å². The van der Waals surface area contributed by atoms with Crippen LogP contribution in [0.1, 0.15) is 85.5 Å². The van der Waals surface area contributed by atoms with Gasteiger partial charge in [0.25, 0.3) is 0 Å². The van der Waals surface area contributed by atoms with Crippen LogP contribution in [0.15, 0.2) is 54.6 Å². The molecule has 1 nitrogen and oxygen atoms in total. The van der Waals surface area contributed by atoms with Crippen LogP contribution in [0, 0.1) is 40.9 Å². The maximum atomic E-state index is 14.9. The molecule has 0 N–H and O–H groups in total. The van der Waals surface area contributed by atoms with Crippen LogP contribution in [-0.4, -0.2) is 0 Å². The molecule has 0 aromatic heterocycles. The molecule has 0 atom stereocenters. The van der Waals surface area contributed by atoms with Gasteiger partial charge in [-0.1, -0.05) is 24.3 Å². The van der Waals surface area contributed by atoms with Gasteiger partial charge in [-0.25, -0.2) is 26.3 Å². The Labute approximate surface area is 247 Å². The molecule has 0 spiro atoms. The number of ether oxygens (including phenoxy) is 1. The quantitative estimate of drug-likeness (QED) is 0.186. The van der Waals surface area contributed by atoms with Crippen molar-refractivity contribution in [1.82, 2.24) is 0 Å². The van der Waals surface area contributed by atoms with Gasteiger partial charge in [0, 0.05) is 17.7 Å². The topological polar surface area (TPSA) is 9.23 Å². The molecule has 3 aromatic carbocycles. The molecule has 3 aromatic rings. The minimum absolute atomic E-state index is 0.151. The predicted octanol–water partition coefficient (Wildman–Crippen LogP) is 11.3. The van der Waals surface area contributed by atoms with E-state index in [1.165, 1.54) is 12.1 Å². The number of benzene rings is 3. The van der Waals surface area contributed by atoms with E-state index in [4.69, 9.17) is 0 Å². The lowest BCUT2D eigenvalue weighted by Crippen LogP contribution is -2.26. The fourth-order valence-electron chi connectivity index (χ4n) is 6.76. The minimum atomic E-state index is -4.64. The number of hydrogen-bond acceptors (Lipinski definition) is 1. The Kier molecular flexibility index (Phi) is 9.32. The molecular weight excluding hydrogens is 602 g/mol. The zero-order chi connectivity index (χ0) is 31.8. The molecule has 0 heterocycles. The number of halogens is 10. The molecule has 2 aliphatic carbocycles. The normalized spacial score (nSPS) is 22.5. The molecule has 236 valence electrons. The Bertz CT molecular complexity index is 1470. The van der Waals surface area contributed by atoms with Crippen molar-refractivity contribution in [2.24, 2.45) is 11.8 Å². The van der Waals surface area contributed by atoms with Crippen molar-refractivity contribution < 1.29 is 48.6 Å². The van der Waals surface area contributed by atoms with Gasteiger partial charge in [-0.05, 0) is 98.3 Å². The molecule has 0 aliphatic heterocycles. The van der Waals surface area contributed by atoms with Crippen LogP contribution in [0.2, 0.25) is 0 Å². The summed E-state index contributed by atoms with van der Waals surface area (Å²) >= 11 is 0. The summed E-state index contributed by atoms with van der Waals surface area (Å²) in [5.41, 5.74) is -0.678. The van der Waals surface area contributed by atoms with E-state index in [0.29, 0.717) is 24.7 Å². The van der Waals surface area contributed by atoms with Crippen LogP contribution >= 0.6 is 0 Å². The number of rotatable bonds is 7. The Morgan fingerprint density at radius 1 is 0.591 bits per heavy atom. The average molecular weight is 631 g/mol. The second-order valence-corrected chi connectivity index (χ2v) is 11.6. The van der Waals surface area contributed by atoms with E-state index in [9.17, 15) is 43.9 Å². The van der Waals surface area contributed by atoms with Gasteiger partial charge >= 0.3 is 12.2 Å². The molecule has 2 saturated carbocycles. The first-order valence-corrected chi connectivity index (χ1v) is 14.4. The Morgan fingerprint density at radius 3 is 1.50 bits per heavy atom. The first kappa shape index (κ1) is 31.9. The van der Waals surface area contributed by atoms with Gasteiger partial charge < -0.3 is 4.74 Å². The van der Waals surface area contributed by atoms with E-state index in [1.54, 1.807) is 12.1 Å². The van der Waals surface area contributed by atoms with Crippen LogP contribution in [-0.2, 0) is 6.11 Å². The standard InChI is InChI=1S/C33H28F10O/c34-25-13-23(14-26(35)29(25)33(42,43)44-24-15-27(36)31(39)28(37)16-24)21-7-5-19(6-8-21)17-1-3-18(4-2-17)20-9-11-22(12-10-20)30(38)32(40)41/h9-19,21H,1-8H2. The lowest BCUT2D eigenvalue weighted by Gasteiger charge is -2.38. The van der Waals surface area contributed by atoms with Crippen molar-refractivity contribution in [2.45, 2.75) is 69.3 Å². The first-order valence-electron chi connectivity index (χ1n) is 14.4. The predicted molar refractivity (Wildman–Crippen MR) is 143 cm³/mol. The van der Waals surface area contributed by atoms with Crippen molar-refractivity contribution in [3.63, 3.8) is 0 Å². The van der Waals surface area contributed by atoms with Crippen molar-refractivity contribution in [1.29, 1.82) is 0 Å². The molecule has 2 aliphatic rings. The molecular formula is C33H28F10O. The molecule has 0 radical (unpaired) electrons. The van der Waals surface area contributed by atoms with Crippen molar-refractivity contribution in [3.05, 3.63) is 106 Å². The van der Waals surface area contributed by atoms with Gasteiger partial charge in [0.1, 0.15) is 22.9 Å². The van der Waals surface area contributed by atoms with Gasteiger partial charge in [-0.2, -0.15) is 17.6 Å². The minimum Gasteiger partial charge on any atom is -0.429 e. The summed E-state index contributed by atoms with van der Waals surface area (Å²) in [7, 11) is 0. The summed E-state index contributed by atoms with van der Waals surface area (Å²) in [5.74, 6) is -10.5. The lowest BCUT2D eigenvalue weighted by atomic mass is 9.67. The van der Waals surface area contributed by atoms with Crippen molar-refractivity contribution >= 4 is 5.83 Å². The number of hydrogen-bond donors (Lipinski definition) is 0. The van der Waals surface area contributed by atoms with Crippen LogP contribution < -0.4 is 4.74 Å². The maximum Gasteiger partial charge on any atom is 0.432 e. The highest BCUT2D eigenvalue weighted by atomic mass is 19.3. The second-order valence-electron chi connectivity index (χ2n) is 11.6. The molecule has 11 heteroatoms. The number of alkyl halides is 2. The summed E-state index contributed by atoms with van der Waals surface area (Å²) in [6.07, 6.45) is -0.508. The third-order valence-corrected chi connectivity index (χ3v) is 9.04. The van der Waals surface area contributed by atoms with Gasteiger partial charge in [0.15, 0.2) is 23.3 Å². The van der Waals surface area contributed by atoms with Crippen molar-refractivity contribution in [3.8, 4) is 5.75 Å². The highest BCUT2D eigenvalue weighted by Crippen LogP contribution is 2.46. The van der Waals surface area contributed by atoms with Gasteiger partial charge in [-0.15, -0.1) is 0 Å². The monoisotopic (exact) mass is 630 g/mol. The zero-order valence-corrected chi connectivity index (χ0v) is 23.3. The Balaban J connectivity index is 1.17.